The summed E-state index contributed by atoms with van der Waals surface area (Å²) in [5.74, 6) is -0.507. The molecule has 0 spiro atoms. The van der Waals surface area contributed by atoms with Crippen molar-refractivity contribution in [2.75, 3.05) is 36.5 Å². The van der Waals surface area contributed by atoms with Gasteiger partial charge in [0.15, 0.2) is 6.61 Å². The van der Waals surface area contributed by atoms with Crippen molar-refractivity contribution < 1.29 is 27.5 Å². The van der Waals surface area contributed by atoms with Gasteiger partial charge in [0.05, 0.1) is 18.2 Å². The first-order valence-corrected chi connectivity index (χ1v) is 14.9. The summed E-state index contributed by atoms with van der Waals surface area (Å²) < 4.78 is 41.1. The fourth-order valence-corrected chi connectivity index (χ4v) is 6.17. The molecule has 9 nitrogen and oxygen atoms in total. The molecule has 0 radical (unpaired) electrons. The second-order valence-corrected chi connectivity index (χ2v) is 11.3. The Kier molecular flexibility index (Phi) is 9.79. The summed E-state index contributed by atoms with van der Waals surface area (Å²) >= 11 is 0. The molecule has 0 saturated carbocycles. The van der Waals surface area contributed by atoms with E-state index < -0.39 is 22.0 Å². The van der Waals surface area contributed by atoms with Crippen molar-refractivity contribution in [3.05, 3.63) is 84.4 Å². The van der Waals surface area contributed by atoms with Crippen LogP contribution in [0.4, 0.5) is 11.4 Å². The first kappa shape index (κ1) is 29.1. The Hall–Kier alpha value is -3.89. The van der Waals surface area contributed by atoms with E-state index in [-0.39, 0.29) is 23.4 Å². The van der Waals surface area contributed by atoms with Crippen LogP contribution in [0.5, 0.6) is 5.75 Å². The molecule has 212 valence electrons. The van der Waals surface area contributed by atoms with Crippen LogP contribution in [-0.4, -0.2) is 46.6 Å². The molecule has 0 aliphatic carbocycles. The van der Waals surface area contributed by atoms with E-state index in [1.54, 1.807) is 50.2 Å². The number of piperidine rings is 1. The second-order valence-electron chi connectivity index (χ2n) is 9.62. The van der Waals surface area contributed by atoms with Crippen LogP contribution < -0.4 is 19.7 Å². The zero-order valence-corrected chi connectivity index (χ0v) is 23.5. The summed E-state index contributed by atoms with van der Waals surface area (Å²) in [5.41, 5.74) is 1.59. The number of hydrogen-bond acceptors (Lipinski definition) is 7. The van der Waals surface area contributed by atoms with Gasteiger partial charge in [-0.3, -0.25) is 9.59 Å². The Labute approximate surface area is 235 Å². The lowest BCUT2D eigenvalue weighted by Crippen LogP contribution is -2.40. The maximum atomic E-state index is 13.8. The Balaban J connectivity index is 1.60. The maximum Gasteiger partial charge on any atom is 0.310 e. The minimum atomic E-state index is -4.04. The number of carbonyl (C=O) groups is 2. The van der Waals surface area contributed by atoms with E-state index in [4.69, 9.17) is 9.47 Å². The molecule has 1 heterocycles. The van der Waals surface area contributed by atoms with E-state index in [2.05, 4.69) is 10.0 Å². The summed E-state index contributed by atoms with van der Waals surface area (Å²) in [7, 11) is -4.04. The van der Waals surface area contributed by atoms with Crippen LogP contribution in [0.2, 0.25) is 0 Å². The topological polar surface area (TPSA) is 114 Å². The van der Waals surface area contributed by atoms with E-state index in [0.717, 1.165) is 5.56 Å². The average molecular weight is 566 g/mol. The summed E-state index contributed by atoms with van der Waals surface area (Å²) in [6.07, 6.45) is 1.39. The predicted octanol–water partition coefficient (Wildman–Crippen LogP) is 4.52. The summed E-state index contributed by atoms with van der Waals surface area (Å²) in [6, 6.07) is 22.5. The Bertz CT molecular complexity index is 1400. The number of esters is 1. The molecule has 1 aliphatic heterocycles. The van der Waals surface area contributed by atoms with Crippen molar-refractivity contribution >= 4 is 33.3 Å². The number of amides is 1. The van der Waals surface area contributed by atoms with Crippen molar-refractivity contribution in [2.45, 2.75) is 37.6 Å². The number of nitrogens with zero attached hydrogens (tertiary/aromatic N) is 1. The van der Waals surface area contributed by atoms with Crippen LogP contribution in [0, 0.1) is 5.92 Å². The molecule has 10 heteroatoms. The van der Waals surface area contributed by atoms with Crippen molar-refractivity contribution in [1.29, 1.82) is 0 Å². The molecular formula is C30H35N3O6S. The fraction of sp³-hybridized carbons (Fsp3) is 0.333. The molecule has 3 aromatic rings. The number of sulfonamides is 1. The largest absolute Gasteiger partial charge is 0.484 e. The molecule has 1 saturated heterocycles. The smallest absolute Gasteiger partial charge is 0.310 e. The lowest BCUT2D eigenvalue weighted by molar-refractivity contribution is -0.148. The van der Waals surface area contributed by atoms with E-state index >= 15 is 0 Å². The van der Waals surface area contributed by atoms with E-state index in [0.29, 0.717) is 49.7 Å². The monoisotopic (exact) mass is 565 g/mol. The third-order valence-electron chi connectivity index (χ3n) is 6.66. The lowest BCUT2D eigenvalue weighted by atomic mass is 9.97. The molecular weight excluding hydrogens is 530 g/mol. The van der Waals surface area contributed by atoms with Gasteiger partial charge in [0.25, 0.3) is 5.91 Å². The number of para-hydroxylation sites is 1. The standard InChI is InChI=1S/C30H35N3O6S/c1-3-38-30(35)24-13-10-18-33(20-24)27-17-16-25(31-29(34)21-39-26-14-8-5-9-15-26)19-28(27)40(36,37)32-22(2)23-11-6-4-7-12-23/h4-9,11-12,14-17,19,22,24,32H,3,10,13,18,20-21H2,1-2H3,(H,31,34)/t22-,24+/m1/s1. The number of nitrogens with one attached hydrogen (secondary N) is 2. The highest BCUT2D eigenvalue weighted by Crippen LogP contribution is 2.33. The van der Waals surface area contributed by atoms with Gasteiger partial charge in [-0.2, -0.15) is 0 Å². The van der Waals surface area contributed by atoms with Crippen LogP contribution >= 0.6 is 0 Å². The van der Waals surface area contributed by atoms with Gasteiger partial charge in [0.2, 0.25) is 10.0 Å². The van der Waals surface area contributed by atoms with Crippen LogP contribution in [0.15, 0.2) is 83.8 Å². The highest BCUT2D eigenvalue weighted by Gasteiger charge is 2.31. The van der Waals surface area contributed by atoms with E-state index in [1.165, 1.54) is 6.07 Å². The number of ether oxygens (including phenoxy) is 2. The zero-order chi connectivity index (χ0) is 28.5. The molecule has 3 aromatic carbocycles. The van der Waals surface area contributed by atoms with Crippen molar-refractivity contribution in [3.63, 3.8) is 0 Å². The van der Waals surface area contributed by atoms with Crippen LogP contribution in [0.25, 0.3) is 0 Å². The Morgan fingerprint density at radius 3 is 2.42 bits per heavy atom. The van der Waals surface area contributed by atoms with E-state index in [9.17, 15) is 18.0 Å². The third kappa shape index (κ3) is 7.61. The van der Waals surface area contributed by atoms with Crippen molar-refractivity contribution in [3.8, 4) is 5.75 Å². The van der Waals surface area contributed by atoms with Gasteiger partial charge in [0, 0.05) is 24.8 Å². The third-order valence-corrected chi connectivity index (χ3v) is 8.23. The molecule has 1 aliphatic rings. The quantitative estimate of drug-likeness (QED) is 0.329. The highest BCUT2D eigenvalue weighted by atomic mass is 32.2. The number of carbonyl (C=O) groups excluding carboxylic acids is 2. The molecule has 2 N–H and O–H groups in total. The van der Waals surface area contributed by atoms with Gasteiger partial charge in [-0.25, -0.2) is 13.1 Å². The SMILES string of the molecule is CCOC(=O)[C@H]1CCCN(c2ccc(NC(=O)COc3ccccc3)cc2S(=O)(=O)N[C@H](C)c2ccccc2)C1. The molecule has 0 aromatic heterocycles. The van der Waals surface area contributed by atoms with Gasteiger partial charge >= 0.3 is 5.97 Å². The normalized spacial score (nSPS) is 16.1. The van der Waals surface area contributed by atoms with E-state index in [1.807, 2.05) is 41.3 Å². The maximum absolute atomic E-state index is 13.8. The van der Waals surface area contributed by atoms with Gasteiger partial charge in [0.1, 0.15) is 10.6 Å². The number of anilines is 2. The molecule has 4 rings (SSSR count). The van der Waals surface area contributed by atoms with Crippen molar-refractivity contribution in [2.24, 2.45) is 5.92 Å². The molecule has 0 bridgehead atoms. The Morgan fingerprint density at radius 1 is 1.02 bits per heavy atom. The fourth-order valence-electron chi connectivity index (χ4n) is 4.69. The zero-order valence-electron chi connectivity index (χ0n) is 22.7. The number of hydrogen-bond donors (Lipinski definition) is 2. The van der Waals surface area contributed by atoms with Gasteiger partial charge in [-0.1, -0.05) is 48.5 Å². The summed E-state index contributed by atoms with van der Waals surface area (Å²) in [5, 5.41) is 2.73. The first-order valence-electron chi connectivity index (χ1n) is 13.4. The minimum absolute atomic E-state index is 0.0153. The Morgan fingerprint density at radius 2 is 1.73 bits per heavy atom. The summed E-state index contributed by atoms with van der Waals surface area (Å²) in [4.78, 5) is 27.0. The highest BCUT2D eigenvalue weighted by molar-refractivity contribution is 7.89. The van der Waals surface area contributed by atoms with Crippen molar-refractivity contribution in [1.82, 2.24) is 4.72 Å². The van der Waals surface area contributed by atoms with Crippen LogP contribution in [0.3, 0.4) is 0 Å². The first-order chi connectivity index (χ1) is 19.3. The van der Waals surface area contributed by atoms with Crippen LogP contribution in [0.1, 0.15) is 38.3 Å². The molecule has 40 heavy (non-hydrogen) atoms. The average Bonchev–Trinajstić information content (AvgIpc) is 2.97. The number of rotatable bonds is 11. The second kappa shape index (κ2) is 13.5. The summed E-state index contributed by atoms with van der Waals surface area (Å²) in [6.45, 7) is 4.52. The molecule has 0 unspecified atom stereocenters. The minimum Gasteiger partial charge on any atom is -0.484 e. The number of benzene rings is 3. The van der Waals surface area contributed by atoms with Gasteiger partial charge < -0.3 is 19.7 Å². The van der Waals surface area contributed by atoms with Crippen LogP contribution in [-0.2, 0) is 24.3 Å². The molecule has 2 atom stereocenters. The molecule has 1 fully saturated rings. The van der Waals surface area contributed by atoms with Gasteiger partial charge in [-0.05, 0) is 62.6 Å². The lowest BCUT2D eigenvalue weighted by Gasteiger charge is -2.34. The predicted molar refractivity (Wildman–Crippen MR) is 154 cm³/mol. The molecule has 1 amide bonds. The van der Waals surface area contributed by atoms with Gasteiger partial charge in [-0.15, -0.1) is 0 Å².